The second-order valence-electron chi connectivity index (χ2n) is 7.77. The average molecular weight is 378 g/mol. The summed E-state index contributed by atoms with van der Waals surface area (Å²) >= 11 is 0. The van der Waals surface area contributed by atoms with Crippen LogP contribution >= 0.6 is 0 Å². The average Bonchev–Trinajstić information content (AvgIpc) is 2.90. The molecule has 2 aliphatic rings. The first-order valence-corrected chi connectivity index (χ1v) is 8.64. The normalized spacial score (nSPS) is 25.0. The molecule has 1 aromatic heterocycles. The van der Waals surface area contributed by atoms with Crippen molar-refractivity contribution in [3.63, 3.8) is 0 Å². The molecule has 1 unspecified atom stereocenters. The number of anilines is 1. The highest BCUT2D eigenvalue weighted by Crippen LogP contribution is 2.36. The van der Waals surface area contributed by atoms with Gasteiger partial charge in [0.1, 0.15) is 29.6 Å². The molecule has 3 heterocycles. The van der Waals surface area contributed by atoms with E-state index in [0.717, 1.165) is 4.90 Å². The predicted molar refractivity (Wildman–Crippen MR) is 94.4 cm³/mol. The van der Waals surface area contributed by atoms with Crippen LogP contribution in [0.1, 0.15) is 27.7 Å². The molecule has 2 saturated heterocycles. The van der Waals surface area contributed by atoms with Crippen molar-refractivity contribution in [2.45, 2.75) is 45.4 Å². The van der Waals surface area contributed by atoms with Crippen LogP contribution in [0.4, 0.5) is 21.0 Å². The molecule has 27 heavy (non-hydrogen) atoms. The number of piperidine rings is 1. The molecule has 3 rings (SSSR count). The van der Waals surface area contributed by atoms with E-state index in [1.807, 2.05) is 6.92 Å². The highest BCUT2D eigenvalue weighted by Gasteiger charge is 2.52. The van der Waals surface area contributed by atoms with Crippen molar-refractivity contribution in [2.24, 2.45) is 5.92 Å². The van der Waals surface area contributed by atoms with E-state index in [9.17, 15) is 19.7 Å². The molecule has 146 valence electrons. The molecule has 2 amide bonds. The van der Waals surface area contributed by atoms with Crippen LogP contribution in [-0.4, -0.2) is 57.8 Å². The minimum Gasteiger partial charge on any atom is -0.443 e. The molecule has 0 aliphatic carbocycles. The number of rotatable bonds is 2. The number of amides is 2. The summed E-state index contributed by atoms with van der Waals surface area (Å²) in [6, 6.07) is 0.963. The maximum absolute atomic E-state index is 12.5. The van der Waals surface area contributed by atoms with E-state index in [0.29, 0.717) is 12.2 Å². The first-order valence-electron chi connectivity index (χ1n) is 8.64. The number of aromatic nitrogens is 1. The van der Waals surface area contributed by atoms with Crippen molar-refractivity contribution in [1.82, 2.24) is 9.88 Å². The Morgan fingerprint density at radius 1 is 1.41 bits per heavy atom. The molecule has 0 bridgehead atoms. The van der Waals surface area contributed by atoms with E-state index < -0.39 is 34.9 Å². The third kappa shape index (κ3) is 3.64. The molecule has 10 nitrogen and oxygen atoms in total. The molecule has 10 heteroatoms. The highest BCUT2D eigenvalue weighted by molar-refractivity contribution is 5.90. The molecule has 2 aliphatic heterocycles. The molecule has 1 aromatic rings. The highest BCUT2D eigenvalue weighted by atomic mass is 16.6. The zero-order valence-corrected chi connectivity index (χ0v) is 15.6. The number of pyridine rings is 1. The van der Waals surface area contributed by atoms with Gasteiger partial charge in [-0.3, -0.25) is 15.1 Å². The van der Waals surface area contributed by atoms with Crippen LogP contribution in [0.2, 0.25) is 0 Å². The molecular formula is C17H22N4O6. The fourth-order valence-corrected chi connectivity index (χ4v) is 3.47. The van der Waals surface area contributed by atoms with Gasteiger partial charge in [0.15, 0.2) is 0 Å². The molecular weight excluding hydrogens is 356 g/mol. The van der Waals surface area contributed by atoms with Gasteiger partial charge in [-0.05, 0) is 26.8 Å². The van der Waals surface area contributed by atoms with Crippen LogP contribution in [-0.2, 0) is 9.47 Å². The summed E-state index contributed by atoms with van der Waals surface area (Å²) in [6.07, 6.45) is 0.646. The van der Waals surface area contributed by atoms with Gasteiger partial charge >= 0.3 is 17.9 Å². The van der Waals surface area contributed by atoms with Crippen molar-refractivity contribution < 1.29 is 24.0 Å². The van der Waals surface area contributed by atoms with Crippen molar-refractivity contribution in [3.8, 4) is 0 Å². The Kier molecular flexibility index (Phi) is 4.66. The van der Waals surface area contributed by atoms with E-state index in [1.165, 1.54) is 12.4 Å². The Morgan fingerprint density at radius 3 is 2.74 bits per heavy atom. The first-order chi connectivity index (χ1) is 12.6. The van der Waals surface area contributed by atoms with Gasteiger partial charge in [-0.15, -0.1) is 0 Å². The van der Waals surface area contributed by atoms with E-state index in [1.54, 1.807) is 31.7 Å². The number of hydrogen-bond donors (Lipinski definition) is 0. The van der Waals surface area contributed by atoms with Crippen molar-refractivity contribution in [2.75, 3.05) is 18.0 Å². The van der Waals surface area contributed by atoms with E-state index >= 15 is 0 Å². The second kappa shape index (κ2) is 6.67. The quantitative estimate of drug-likeness (QED) is 0.569. The molecule has 3 atom stereocenters. The number of imide groups is 1. The monoisotopic (exact) mass is 378 g/mol. The summed E-state index contributed by atoms with van der Waals surface area (Å²) in [5.74, 6) is -0.132. The lowest BCUT2D eigenvalue weighted by Gasteiger charge is -2.39. The first kappa shape index (κ1) is 18.9. The van der Waals surface area contributed by atoms with E-state index in [-0.39, 0.29) is 18.2 Å². The van der Waals surface area contributed by atoms with E-state index in [4.69, 9.17) is 9.47 Å². The number of nitrogens with zero attached hydrogens (tertiary/aromatic N) is 4. The van der Waals surface area contributed by atoms with Crippen LogP contribution in [0.5, 0.6) is 0 Å². The van der Waals surface area contributed by atoms with Crippen molar-refractivity contribution in [3.05, 3.63) is 28.6 Å². The smallest absolute Gasteiger partial charge is 0.420 e. The van der Waals surface area contributed by atoms with Gasteiger partial charge in [0.2, 0.25) is 0 Å². The Labute approximate surface area is 156 Å². The lowest BCUT2D eigenvalue weighted by atomic mass is 9.92. The van der Waals surface area contributed by atoms with Crippen LogP contribution in [0.25, 0.3) is 0 Å². The van der Waals surface area contributed by atoms with Gasteiger partial charge in [-0.2, -0.15) is 0 Å². The van der Waals surface area contributed by atoms with Crippen LogP contribution < -0.4 is 4.90 Å². The summed E-state index contributed by atoms with van der Waals surface area (Å²) in [4.78, 5) is 42.2. The number of fused-ring (bicyclic) bond motifs is 1. The van der Waals surface area contributed by atoms with Gasteiger partial charge in [0.25, 0.3) is 0 Å². The molecule has 2 fully saturated rings. The number of carbonyl (C=O) groups excluding carboxylic acids is 2. The maximum atomic E-state index is 12.5. The summed E-state index contributed by atoms with van der Waals surface area (Å²) in [6.45, 7) is 7.66. The van der Waals surface area contributed by atoms with Gasteiger partial charge in [0.05, 0.1) is 4.92 Å². The van der Waals surface area contributed by atoms with Gasteiger partial charge < -0.3 is 14.4 Å². The summed E-state index contributed by atoms with van der Waals surface area (Å²) < 4.78 is 10.7. The Balaban J connectivity index is 1.89. The molecule has 0 aromatic carbocycles. The molecule has 0 N–H and O–H groups in total. The predicted octanol–water partition coefficient (Wildman–Crippen LogP) is 2.57. The minimum atomic E-state index is -0.779. The Morgan fingerprint density at radius 2 is 2.11 bits per heavy atom. The van der Waals surface area contributed by atoms with Crippen molar-refractivity contribution >= 4 is 23.6 Å². The zero-order chi connectivity index (χ0) is 19.9. The number of nitro groups is 1. The second-order valence-corrected chi connectivity index (χ2v) is 7.77. The fraction of sp³-hybridized carbons (Fsp3) is 0.588. The van der Waals surface area contributed by atoms with Crippen LogP contribution in [0, 0.1) is 16.0 Å². The number of hydrogen-bond acceptors (Lipinski definition) is 8. The van der Waals surface area contributed by atoms with Crippen molar-refractivity contribution in [1.29, 1.82) is 0 Å². The largest absolute Gasteiger partial charge is 0.443 e. The maximum Gasteiger partial charge on any atom is 0.420 e. The van der Waals surface area contributed by atoms with E-state index in [2.05, 4.69) is 4.98 Å². The number of ether oxygens (including phenoxy) is 2. The minimum absolute atomic E-state index is 0.128. The van der Waals surface area contributed by atoms with Gasteiger partial charge in [0, 0.05) is 25.2 Å². The standard InChI is InChI=1S/C17H22N4O6/c1-10-8-19(11-5-6-18-7-12(11)21(24)25)9-13-14(10)26-15(22)20(13)16(23)27-17(2,3)4/h5-7,10,13-14H,8-9H2,1-4H3/t10?,13-,14+/m1/s1. The van der Waals surface area contributed by atoms with Gasteiger partial charge in [-0.1, -0.05) is 6.92 Å². The Bertz CT molecular complexity index is 777. The lowest BCUT2D eigenvalue weighted by molar-refractivity contribution is -0.384. The summed E-state index contributed by atoms with van der Waals surface area (Å²) in [7, 11) is 0. The SMILES string of the molecule is CC1CN(c2ccncc2[N+](=O)[O-])C[C@@H]2[C@H]1OC(=O)N2C(=O)OC(C)(C)C. The lowest BCUT2D eigenvalue weighted by Crippen LogP contribution is -2.56. The Hall–Kier alpha value is -2.91. The molecule has 0 radical (unpaired) electrons. The summed E-state index contributed by atoms with van der Waals surface area (Å²) in [5.41, 5.74) is -0.500. The fourth-order valence-electron chi connectivity index (χ4n) is 3.47. The zero-order valence-electron chi connectivity index (χ0n) is 15.6. The van der Waals surface area contributed by atoms with Gasteiger partial charge in [-0.25, -0.2) is 14.5 Å². The van der Waals surface area contributed by atoms with Crippen LogP contribution in [0.15, 0.2) is 18.5 Å². The summed E-state index contributed by atoms with van der Waals surface area (Å²) in [5, 5.41) is 11.3. The molecule has 0 spiro atoms. The van der Waals surface area contributed by atoms with Crippen LogP contribution in [0.3, 0.4) is 0 Å². The number of carbonyl (C=O) groups is 2. The topological polar surface area (TPSA) is 115 Å². The molecule has 0 saturated carbocycles. The third-order valence-electron chi connectivity index (χ3n) is 4.53. The third-order valence-corrected chi connectivity index (χ3v) is 4.53.